The van der Waals surface area contributed by atoms with E-state index in [0.717, 1.165) is 12.1 Å². The highest BCUT2D eigenvalue weighted by molar-refractivity contribution is 5.70. The Morgan fingerprint density at radius 3 is 2.61 bits per heavy atom. The molecule has 0 N–H and O–H groups in total. The van der Waals surface area contributed by atoms with Gasteiger partial charge in [0.05, 0.1) is 18.9 Å². The number of rotatable bonds is 2. The molecule has 0 spiro atoms. The fraction of sp³-hybridized carbons (Fsp3) is 0.154. The largest absolute Gasteiger partial charge is 0.494 e. The molecule has 0 atom stereocenters. The molecule has 5 heteroatoms. The van der Waals surface area contributed by atoms with Crippen LogP contribution in [-0.4, -0.2) is 12.1 Å². The van der Waals surface area contributed by atoms with Gasteiger partial charge in [0.25, 0.3) is 0 Å². The van der Waals surface area contributed by atoms with Crippen molar-refractivity contribution < 1.29 is 17.9 Å². The monoisotopic (exact) mass is 253 g/mol. The SMILES string of the molecule is COc1cnccc1-c1cccc(C(F)(F)F)c1. The lowest BCUT2D eigenvalue weighted by molar-refractivity contribution is -0.137. The minimum absolute atomic E-state index is 0.442. The van der Waals surface area contributed by atoms with Crippen LogP contribution in [0.4, 0.5) is 13.2 Å². The van der Waals surface area contributed by atoms with Crippen molar-refractivity contribution in [1.29, 1.82) is 0 Å². The van der Waals surface area contributed by atoms with E-state index < -0.39 is 11.7 Å². The standard InChI is InChI=1S/C13H10F3NO/c1-18-12-8-17-6-5-11(12)9-3-2-4-10(7-9)13(14,15)16/h2-8H,1H3. The van der Waals surface area contributed by atoms with Gasteiger partial charge in [0.15, 0.2) is 0 Å². The molecule has 0 amide bonds. The van der Waals surface area contributed by atoms with Gasteiger partial charge in [0.2, 0.25) is 0 Å². The van der Waals surface area contributed by atoms with E-state index in [1.165, 1.54) is 25.6 Å². The number of hydrogen-bond acceptors (Lipinski definition) is 2. The Hall–Kier alpha value is -2.04. The quantitative estimate of drug-likeness (QED) is 0.812. The maximum Gasteiger partial charge on any atom is 0.416 e. The minimum atomic E-state index is -4.35. The molecule has 2 aromatic rings. The van der Waals surface area contributed by atoms with E-state index in [0.29, 0.717) is 16.9 Å². The van der Waals surface area contributed by atoms with Gasteiger partial charge in [-0.1, -0.05) is 12.1 Å². The first-order valence-corrected chi connectivity index (χ1v) is 5.18. The van der Waals surface area contributed by atoms with E-state index >= 15 is 0 Å². The molecule has 1 aromatic carbocycles. The number of alkyl halides is 3. The molecule has 0 radical (unpaired) electrons. The second kappa shape index (κ2) is 4.68. The van der Waals surface area contributed by atoms with Crippen LogP contribution in [0.15, 0.2) is 42.7 Å². The minimum Gasteiger partial charge on any atom is -0.494 e. The van der Waals surface area contributed by atoms with Gasteiger partial charge in [-0.05, 0) is 23.8 Å². The molecule has 0 aliphatic carbocycles. The Labute approximate surface area is 102 Å². The number of nitrogens with zero attached hydrogens (tertiary/aromatic N) is 1. The second-order valence-corrected chi connectivity index (χ2v) is 3.65. The van der Waals surface area contributed by atoms with Crippen LogP contribution in [0.25, 0.3) is 11.1 Å². The van der Waals surface area contributed by atoms with E-state index in [9.17, 15) is 13.2 Å². The number of hydrogen-bond donors (Lipinski definition) is 0. The zero-order valence-electron chi connectivity index (χ0n) is 9.53. The van der Waals surface area contributed by atoms with Crippen LogP contribution in [0.5, 0.6) is 5.75 Å². The van der Waals surface area contributed by atoms with Crippen LogP contribution in [-0.2, 0) is 6.18 Å². The van der Waals surface area contributed by atoms with E-state index in [2.05, 4.69) is 4.98 Å². The van der Waals surface area contributed by atoms with Crippen molar-refractivity contribution in [2.24, 2.45) is 0 Å². The molecule has 0 fully saturated rings. The molecular formula is C13H10F3NO. The Bertz CT molecular complexity index is 552. The number of pyridine rings is 1. The number of benzene rings is 1. The summed E-state index contributed by atoms with van der Waals surface area (Å²) < 4.78 is 42.9. The van der Waals surface area contributed by atoms with Gasteiger partial charge in [0.1, 0.15) is 5.75 Å². The Morgan fingerprint density at radius 2 is 1.94 bits per heavy atom. The maximum atomic E-state index is 12.6. The van der Waals surface area contributed by atoms with E-state index in [1.807, 2.05) is 0 Å². The van der Waals surface area contributed by atoms with Crippen LogP contribution >= 0.6 is 0 Å². The summed E-state index contributed by atoms with van der Waals surface area (Å²) in [5.41, 5.74) is 0.349. The lowest BCUT2D eigenvalue weighted by Crippen LogP contribution is -2.04. The van der Waals surface area contributed by atoms with Gasteiger partial charge in [0, 0.05) is 11.8 Å². The van der Waals surface area contributed by atoms with Crippen LogP contribution in [0, 0.1) is 0 Å². The molecule has 1 heterocycles. The topological polar surface area (TPSA) is 22.1 Å². The molecule has 18 heavy (non-hydrogen) atoms. The third kappa shape index (κ3) is 2.45. The first-order valence-electron chi connectivity index (χ1n) is 5.18. The van der Waals surface area contributed by atoms with Crippen molar-refractivity contribution in [2.75, 3.05) is 7.11 Å². The fourth-order valence-corrected chi connectivity index (χ4v) is 1.64. The third-order valence-corrected chi connectivity index (χ3v) is 2.51. The summed E-state index contributed by atoms with van der Waals surface area (Å²) in [4.78, 5) is 3.87. The Balaban J connectivity index is 2.51. The Morgan fingerprint density at radius 1 is 1.17 bits per heavy atom. The summed E-state index contributed by atoms with van der Waals surface area (Å²) >= 11 is 0. The van der Waals surface area contributed by atoms with Crippen molar-refractivity contribution in [3.05, 3.63) is 48.3 Å². The molecule has 1 aromatic heterocycles. The summed E-state index contributed by atoms with van der Waals surface area (Å²) in [6.07, 6.45) is -1.37. The number of ether oxygens (including phenoxy) is 1. The van der Waals surface area contributed by atoms with Gasteiger partial charge in [-0.15, -0.1) is 0 Å². The molecule has 2 rings (SSSR count). The van der Waals surface area contributed by atoms with E-state index in [4.69, 9.17) is 4.74 Å². The van der Waals surface area contributed by atoms with Gasteiger partial charge >= 0.3 is 6.18 Å². The smallest absolute Gasteiger partial charge is 0.416 e. The highest BCUT2D eigenvalue weighted by Crippen LogP contribution is 2.34. The second-order valence-electron chi connectivity index (χ2n) is 3.65. The van der Waals surface area contributed by atoms with Gasteiger partial charge in [-0.2, -0.15) is 13.2 Å². The molecule has 0 saturated carbocycles. The summed E-state index contributed by atoms with van der Waals surface area (Å²) in [5, 5.41) is 0. The lowest BCUT2D eigenvalue weighted by Gasteiger charge is -2.11. The normalized spacial score (nSPS) is 11.3. The molecule has 0 aliphatic rings. The van der Waals surface area contributed by atoms with Crippen molar-refractivity contribution in [3.8, 4) is 16.9 Å². The average Bonchev–Trinajstić information content (AvgIpc) is 2.38. The summed E-state index contributed by atoms with van der Waals surface area (Å²) in [7, 11) is 1.45. The first-order chi connectivity index (χ1) is 8.52. The number of halogens is 3. The number of methoxy groups -OCH3 is 1. The van der Waals surface area contributed by atoms with Crippen LogP contribution in [0.2, 0.25) is 0 Å². The average molecular weight is 253 g/mol. The molecule has 0 unspecified atom stereocenters. The molecule has 0 bridgehead atoms. The predicted molar refractivity (Wildman–Crippen MR) is 61.2 cm³/mol. The van der Waals surface area contributed by atoms with Crippen LogP contribution in [0.1, 0.15) is 5.56 Å². The number of aromatic nitrogens is 1. The molecular weight excluding hydrogens is 243 g/mol. The van der Waals surface area contributed by atoms with Crippen molar-refractivity contribution in [3.63, 3.8) is 0 Å². The van der Waals surface area contributed by atoms with Crippen LogP contribution < -0.4 is 4.74 Å². The molecule has 0 aliphatic heterocycles. The van der Waals surface area contributed by atoms with Crippen molar-refractivity contribution >= 4 is 0 Å². The summed E-state index contributed by atoms with van der Waals surface area (Å²) in [6.45, 7) is 0. The first kappa shape index (κ1) is 12.4. The Kier molecular flexibility index (Phi) is 3.23. The van der Waals surface area contributed by atoms with Crippen LogP contribution in [0.3, 0.4) is 0 Å². The zero-order valence-corrected chi connectivity index (χ0v) is 9.53. The van der Waals surface area contributed by atoms with Gasteiger partial charge in [-0.3, -0.25) is 4.98 Å². The zero-order chi connectivity index (χ0) is 13.2. The van der Waals surface area contributed by atoms with E-state index in [1.54, 1.807) is 12.1 Å². The molecule has 94 valence electrons. The maximum absolute atomic E-state index is 12.6. The fourth-order valence-electron chi connectivity index (χ4n) is 1.64. The third-order valence-electron chi connectivity index (χ3n) is 2.51. The lowest BCUT2D eigenvalue weighted by atomic mass is 10.0. The summed E-state index contributed by atoms with van der Waals surface area (Å²) in [5.74, 6) is 0.442. The summed E-state index contributed by atoms with van der Waals surface area (Å²) in [6, 6.07) is 6.73. The van der Waals surface area contributed by atoms with E-state index in [-0.39, 0.29) is 0 Å². The highest BCUT2D eigenvalue weighted by Gasteiger charge is 2.30. The van der Waals surface area contributed by atoms with Crippen molar-refractivity contribution in [2.45, 2.75) is 6.18 Å². The highest BCUT2D eigenvalue weighted by atomic mass is 19.4. The van der Waals surface area contributed by atoms with Gasteiger partial charge in [-0.25, -0.2) is 0 Å². The molecule has 2 nitrogen and oxygen atoms in total. The molecule has 0 saturated heterocycles. The predicted octanol–water partition coefficient (Wildman–Crippen LogP) is 3.78. The van der Waals surface area contributed by atoms with Gasteiger partial charge < -0.3 is 4.74 Å². The van der Waals surface area contributed by atoms with Crippen molar-refractivity contribution in [1.82, 2.24) is 4.98 Å².